The lowest BCUT2D eigenvalue weighted by molar-refractivity contribution is -0.155. The summed E-state index contributed by atoms with van der Waals surface area (Å²) in [4.78, 5) is 21.0. The van der Waals surface area contributed by atoms with Gasteiger partial charge in [-0.3, -0.25) is 4.79 Å². The third-order valence-corrected chi connectivity index (χ3v) is 0.916. The van der Waals surface area contributed by atoms with Gasteiger partial charge < -0.3 is 4.74 Å². The van der Waals surface area contributed by atoms with E-state index in [9.17, 15) is 9.59 Å². The average Bonchev–Trinajstić information content (AvgIpc) is 1.86. The molecule has 3 heteroatoms. The number of hydrogen-bond acceptors (Lipinski definition) is 3. The average molecular weight is 154 g/mol. The number of allylic oxidation sites excluding steroid dienone is 1. The molecule has 0 atom stereocenters. The van der Waals surface area contributed by atoms with Crippen LogP contribution >= 0.6 is 0 Å². The van der Waals surface area contributed by atoms with Crippen molar-refractivity contribution in [2.24, 2.45) is 0 Å². The molecule has 0 unspecified atom stereocenters. The molecule has 0 heterocycles. The highest BCUT2D eigenvalue weighted by Gasteiger charge is 2.08. The van der Waals surface area contributed by atoms with Crippen molar-refractivity contribution in [2.45, 2.75) is 13.3 Å². The Bertz CT molecular complexity index is 203. The van der Waals surface area contributed by atoms with E-state index >= 15 is 0 Å². The Morgan fingerprint density at radius 2 is 2.09 bits per heavy atom. The quantitative estimate of drug-likeness (QED) is 0.265. The highest BCUT2D eigenvalue weighted by Crippen LogP contribution is 2.00. The zero-order chi connectivity index (χ0) is 8.85. The van der Waals surface area contributed by atoms with E-state index in [0.717, 1.165) is 0 Å². The first-order chi connectivity index (χ1) is 5.07. The normalized spacial score (nSPS) is 8.45. The third kappa shape index (κ3) is 4.08. The largest absolute Gasteiger partial charge is 0.390 e. The van der Waals surface area contributed by atoms with Crippen molar-refractivity contribution in [3.05, 3.63) is 24.8 Å². The molecule has 0 saturated heterocycles. The monoisotopic (exact) mass is 154 g/mol. The zero-order valence-corrected chi connectivity index (χ0v) is 6.42. The van der Waals surface area contributed by atoms with Gasteiger partial charge in [-0.25, -0.2) is 4.79 Å². The zero-order valence-electron chi connectivity index (χ0n) is 6.42. The van der Waals surface area contributed by atoms with Gasteiger partial charge in [-0.05, 0) is 6.42 Å². The summed E-state index contributed by atoms with van der Waals surface area (Å²) in [6, 6.07) is 0. The standard InChI is InChI=1S/C8H10O3/c1-4-5-6(2)8(10)11-7(3)9/h4H,1-2,5H2,3H3. The fourth-order valence-electron chi connectivity index (χ4n) is 0.460. The summed E-state index contributed by atoms with van der Waals surface area (Å²) in [5, 5.41) is 0. The van der Waals surface area contributed by atoms with Gasteiger partial charge in [0.2, 0.25) is 0 Å². The van der Waals surface area contributed by atoms with E-state index < -0.39 is 11.9 Å². The second-order valence-corrected chi connectivity index (χ2v) is 1.98. The van der Waals surface area contributed by atoms with Crippen molar-refractivity contribution in [1.29, 1.82) is 0 Å². The number of carbonyl (C=O) groups is 2. The maximum Gasteiger partial charge on any atom is 0.341 e. The third-order valence-electron chi connectivity index (χ3n) is 0.916. The van der Waals surface area contributed by atoms with Crippen LogP contribution in [0.3, 0.4) is 0 Å². The second kappa shape index (κ2) is 4.44. The Balaban J connectivity index is 3.93. The van der Waals surface area contributed by atoms with Crippen molar-refractivity contribution < 1.29 is 14.3 Å². The van der Waals surface area contributed by atoms with Crippen LogP contribution in [0.2, 0.25) is 0 Å². The lowest BCUT2D eigenvalue weighted by Crippen LogP contribution is -2.10. The topological polar surface area (TPSA) is 43.4 Å². The van der Waals surface area contributed by atoms with E-state index in [1.54, 1.807) is 0 Å². The van der Waals surface area contributed by atoms with Gasteiger partial charge in [-0.15, -0.1) is 6.58 Å². The fraction of sp³-hybridized carbons (Fsp3) is 0.250. The van der Waals surface area contributed by atoms with Crippen LogP contribution < -0.4 is 0 Å². The molecule has 0 aromatic rings. The predicted molar refractivity (Wildman–Crippen MR) is 40.7 cm³/mol. The first-order valence-corrected chi connectivity index (χ1v) is 3.09. The number of carbonyl (C=O) groups excluding carboxylic acids is 2. The van der Waals surface area contributed by atoms with E-state index in [4.69, 9.17) is 0 Å². The molecule has 0 spiro atoms. The lowest BCUT2D eigenvalue weighted by atomic mass is 10.2. The number of rotatable bonds is 3. The van der Waals surface area contributed by atoms with Gasteiger partial charge in [0.15, 0.2) is 0 Å². The van der Waals surface area contributed by atoms with Crippen LogP contribution in [0.25, 0.3) is 0 Å². The van der Waals surface area contributed by atoms with E-state index in [1.807, 2.05) is 0 Å². The summed E-state index contributed by atoms with van der Waals surface area (Å²) in [6.45, 7) is 7.97. The van der Waals surface area contributed by atoms with E-state index in [-0.39, 0.29) is 5.57 Å². The Labute approximate surface area is 65.4 Å². The molecule has 3 nitrogen and oxygen atoms in total. The fourth-order valence-corrected chi connectivity index (χ4v) is 0.460. The van der Waals surface area contributed by atoms with Crippen LogP contribution in [0.4, 0.5) is 0 Å². The van der Waals surface area contributed by atoms with Crippen LogP contribution in [-0.2, 0) is 14.3 Å². The van der Waals surface area contributed by atoms with Crippen LogP contribution in [0.5, 0.6) is 0 Å². The minimum Gasteiger partial charge on any atom is -0.390 e. The van der Waals surface area contributed by atoms with Crippen molar-refractivity contribution in [3.63, 3.8) is 0 Å². The first kappa shape index (κ1) is 9.62. The summed E-state index contributed by atoms with van der Waals surface area (Å²) in [5.74, 6) is -1.31. The van der Waals surface area contributed by atoms with Gasteiger partial charge in [-0.1, -0.05) is 12.7 Å². The first-order valence-electron chi connectivity index (χ1n) is 3.09. The molecule has 0 amide bonds. The summed E-state index contributed by atoms with van der Waals surface area (Å²) < 4.78 is 4.24. The molecule has 0 saturated carbocycles. The van der Waals surface area contributed by atoms with Crippen LogP contribution in [0.1, 0.15) is 13.3 Å². The maximum absolute atomic E-state index is 10.8. The van der Waals surface area contributed by atoms with Gasteiger partial charge in [-0.2, -0.15) is 0 Å². The Kier molecular flexibility index (Phi) is 3.88. The molecule has 0 aromatic carbocycles. The Hall–Kier alpha value is -1.38. The van der Waals surface area contributed by atoms with E-state index in [2.05, 4.69) is 17.9 Å². The smallest absolute Gasteiger partial charge is 0.341 e. The summed E-state index contributed by atoms with van der Waals surface area (Å²) in [5.41, 5.74) is 0.232. The number of esters is 2. The molecule has 11 heavy (non-hydrogen) atoms. The van der Waals surface area contributed by atoms with Crippen molar-refractivity contribution in [3.8, 4) is 0 Å². The number of ether oxygens (including phenoxy) is 1. The SMILES string of the molecule is C=CCC(=C)C(=O)OC(C)=O. The van der Waals surface area contributed by atoms with Gasteiger partial charge in [0.05, 0.1) is 0 Å². The van der Waals surface area contributed by atoms with E-state index in [1.165, 1.54) is 13.0 Å². The van der Waals surface area contributed by atoms with Gasteiger partial charge >= 0.3 is 11.9 Å². The van der Waals surface area contributed by atoms with Crippen LogP contribution in [-0.4, -0.2) is 11.9 Å². The summed E-state index contributed by atoms with van der Waals surface area (Å²) in [7, 11) is 0. The summed E-state index contributed by atoms with van der Waals surface area (Å²) >= 11 is 0. The molecule has 0 aliphatic carbocycles. The highest BCUT2D eigenvalue weighted by molar-refractivity contribution is 5.95. The van der Waals surface area contributed by atoms with Crippen molar-refractivity contribution in [2.75, 3.05) is 0 Å². The second-order valence-electron chi connectivity index (χ2n) is 1.98. The van der Waals surface area contributed by atoms with Gasteiger partial charge in [0.1, 0.15) is 0 Å². The molecule has 0 aliphatic heterocycles. The highest BCUT2D eigenvalue weighted by atomic mass is 16.6. The van der Waals surface area contributed by atoms with Gasteiger partial charge in [0.25, 0.3) is 0 Å². The Morgan fingerprint density at radius 3 is 2.45 bits per heavy atom. The molecule has 0 aliphatic rings. The molecule has 60 valence electrons. The van der Waals surface area contributed by atoms with Crippen LogP contribution in [0.15, 0.2) is 24.8 Å². The maximum atomic E-state index is 10.8. The molecule has 0 bridgehead atoms. The van der Waals surface area contributed by atoms with E-state index in [0.29, 0.717) is 6.42 Å². The Morgan fingerprint density at radius 1 is 1.55 bits per heavy atom. The predicted octanol–water partition coefficient (Wildman–Crippen LogP) is 1.21. The van der Waals surface area contributed by atoms with Crippen molar-refractivity contribution >= 4 is 11.9 Å². The minimum atomic E-state index is -0.683. The molecule has 0 radical (unpaired) electrons. The molecular weight excluding hydrogens is 144 g/mol. The van der Waals surface area contributed by atoms with Crippen LogP contribution in [0, 0.1) is 0 Å². The molecule has 0 rings (SSSR count). The molecule has 0 aromatic heterocycles. The minimum absolute atomic E-state index is 0.232. The molecular formula is C8H10O3. The summed E-state index contributed by atoms with van der Waals surface area (Å²) in [6.07, 6.45) is 1.86. The molecule has 0 fully saturated rings. The number of hydrogen-bond donors (Lipinski definition) is 0. The molecule has 0 N–H and O–H groups in total. The lowest BCUT2D eigenvalue weighted by Gasteiger charge is -1.99. The van der Waals surface area contributed by atoms with Crippen molar-refractivity contribution in [1.82, 2.24) is 0 Å². The van der Waals surface area contributed by atoms with Gasteiger partial charge in [0, 0.05) is 12.5 Å².